The fraction of sp³-hybridized carbons (Fsp3) is 0.500. The maximum absolute atomic E-state index is 10.6. The number of carbonyl (C=O) groups excluding carboxylic acids is 1. The van der Waals surface area contributed by atoms with Crippen LogP contribution in [-0.4, -0.2) is 32.4 Å². The molecular formula is C14H20O4. The number of carbonyl (C=O) groups is 1. The van der Waals surface area contributed by atoms with Crippen molar-refractivity contribution < 1.29 is 19.0 Å². The van der Waals surface area contributed by atoms with Crippen molar-refractivity contribution in [2.45, 2.75) is 26.6 Å². The van der Waals surface area contributed by atoms with E-state index in [0.29, 0.717) is 37.6 Å². The van der Waals surface area contributed by atoms with E-state index in [1.165, 1.54) is 0 Å². The van der Waals surface area contributed by atoms with E-state index in [2.05, 4.69) is 0 Å². The second-order valence-corrected chi connectivity index (χ2v) is 3.67. The van der Waals surface area contributed by atoms with Crippen molar-refractivity contribution in [1.29, 1.82) is 0 Å². The summed E-state index contributed by atoms with van der Waals surface area (Å²) in [6.45, 7) is 5.59. The summed E-state index contributed by atoms with van der Waals surface area (Å²) in [5, 5.41) is 0. The van der Waals surface area contributed by atoms with Crippen molar-refractivity contribution in [3.63, 3.8) is 0 Å². The predicted molar refractivity (Wildman–Crippen MR) is 69.0 cm³/mol. The van der Waals surface area contributed by atoms with Gasteiger partial charge in [0.05, 0.1) is 6.61 Å². The molecule has 4 nitrogen and oxygen atoms in total. The van der Waals surface area contributed by atoms with Crippen LogP contribution >= 0.6 is 0 Å². The van der Waals surface area contributed by atoms with Crippen LogP contribution in [-0.2, 0) is 9.47 Å². The Kier molecular flexibility index (Phi) is 7.06. The first-order chi connectivity index (χ1) is 8.80. The molecule has 18 heavy (non-hydrogen) atoms. The lowest BCUT2D eigenvalue weighted by molar-refractivity contribution is -0.142. The fourth-order valence-corrected chi connectivity index (χ4v) is 1.54. The largest absolute Gasteiger partial charge is 0.493 e. The maximum Gasteiger partial charge on any atom is 0.160 e. The topological polar surface area (TPSA) is 44.8 Å². The first kappa shape index (κ1) is 14.7. The van der Waals surface area contributed by atoms with Gasteiger partial charge in [0.1, 0.15) is 12.0 Å². The van der Waals surface area contributed by atoms with Crippen molar-refractivity contribution >= 4 is 6.29 Å². The Labute approximate surface area is 108 Å². The number of aldehydes is 1. The standard InChI is InChI=1S/C14H20O4/c1-3-16-14(17-4-2)8-9-18-13-7-5-6-12(10-13)11-15/h5-7,10-11,14H,3-4,8-9H2,1-2H3. The zero-order valence-electron chi connectivity index (χ0n) is 10.9. The lowest BCUT2D eigenvalue weighted by atomic mass is 10.2. The number of rotatable bonds is 9. The molecule has 1 aromatic rings. The predicted octanol–water partition coefficient (Wildman–Crippen LogP) is 2.67. The molecule has 0 aliphatic carbocycles. The van der Waals surface area contributed by atoms with E-state index in [9.17, 15) is 4.79 Å². The van der Waals surface area contributed by atoms with E-state index < -0.39 is 0 Å². The fourth-order valence-electron chi connectivity index (χ4n) is 1.54. The van der Waals surface area contributed by atoms with Gasteiger partial charge in [-0.25, -0.2) is 0 Å². The molecule has 0 radical (unpaired) electrons. The van der Waals surface area contributed by atoms with Gasteiger partial charge in [0.2, 0.25) is 0 Å². The molecule has 0 amide bonds. The summed E-state index contributed by atoms with van der Waals surface area (Å²) in [6.07, 6.45) is 1.23. The average Bonchev–Trinajstić information content (AvgIpc) is 2.39. The van der Waals surface area contributed by atoms with Crippen LogP contribution < -0.4 is 4.74 Å². The minimum absolute atomic E-state index is 0.228. The highest BCUT2D eigenvalue weighted by atomic mass is 16.7. The number of hydrogen-bond acceptors (Lipinski definition) is 4. The van der Waals surface area contributed by atoms with Crippen molar-refractivity contribution in [2.75, 3.05) is 19.8 Å². The van der Waals surface area contributed by atoms with Crippen LogP contribution in [0.15, 0.2) is 24.3 Å². The molecule has 0 atom stereocenters. The zero-order chi connectivity index (χ0) is 13.2. The van der Waals surface area contributed by atoms with Crippen LogP contribution in [0.25, 0.3) is 0 Å². The van der Waals surface area contributed by atoms with E-state index in [1.54, 1.807) is 18.2 Å². The Balaban J connectivity index is 2.36. The maximum atomic E-state index is 10.6. The van der Waals surface area contributed by atoms with Crippen LogP contribution in [0.4, 0.5) is 0 Å². The lowest BCUT2D eigenvalue weighted by Crippen LogP contribution is -2.20. The summed E-state index contributed by atoms with van der Waals surface area (Å²) in [6, 6.07) is 7.07. The molecule has 0 N–H and O–H groups in total. The van der Waals surface area contributed by atoms with Crippen LogP contribution in [0.1, 0.15) is 30.6 Å². The molecule has 0 aromatic heterocycles. The van der Waals surface area contributed by atoms with Gasteiger partial charge in [-0.2, -0.15) is 0 Å². The van der Waals surface area contributed by atoms with E-state index in [-0.39, 0.29) is 6.29 Å². The minimum Gasteiger partial charge on any atom is -0.493 e. The molecule has 0 saturated heterocycles. The molecule has 0 bridgehead atoms. The normalized spacial score (nSPS) is 10.6. The minimum atomic E-state index is -0.228. The second kappa shape index (κ2) is 8.66. The van der Waals surface area contributed by atoms with E-state index in [1.807, 2.05) is 19.9 Å². The van der Waals surface area contributed by atoms with Crippen molar-refractivity contribution in [3.8, 4) is 5.75 Å². The van der Waals surface area contributed by atoms with E-state index in [0.717, 1.165) is 6.29 Å². The Morgan fingerprint density at radius 1 is 1.22 bits per heavy atom. The van der Waals surface area contributed by atoms with Gasteiger partial charge < -0.3 is 14.2 Å². The molecule has 4 heteroatoms. The number of benzene rings is 1. The molecule has 1 rings (SSSR count). The first-order valence-electron chi connectivity index (χ1n) is 6.21. The average molecular weight is 252 g/mol. The summed E-state index contributed by atoms with van der Waals surface area (Å²) >= 11 is 0. The number of hydrogen-bond donors (Lipinski definition) is 0. The van der Waals surface area contributed by atoms with E-state index in [4.69, 9.17) is 14.2 Å². The van der Waals surface area contributed by atoms with Gasteiger partial charge in [-0.15, -0.1) is 0 Å². The number of ether oxygens (including phenoxy) is 3. The molecule has 100 valence electrons. The zero-order valence-corrected chi connectivity index (χ0v) is 10.9. The highest BCUT2D eigenvalue weighted by Gasteiger charge is 2.07. The smallest absolute Gasteiger partial charge is 0.160 e. The van der Waals surface area contributed by atoms with Crippen LogP contribution in [0.2, 0.25) is 0 Å². The Morgan fingerprint density at radius 3 is 2.56 bits per heavy atom. The molecule has 0 aliphatic heterocycles. The third kappa shape index (κ3) is 5.29. The molecule has 0 spiro atoms. The summed E-state index contributed by atoms with van der Waals surface area (Å²) < 4.78 is 16.4. The van der Waals surface area contributed by atoms with Gasteiger partial charge in [-0.3, -0.25) is 4.79 Å². The lowest BCUT2D eigenvalue weighted by Gasteiger charge is -2.17. The summed E-state index contributed by atoms with van der Waals surface area (Å²) in [7, 11) is 0. The van der Waals surface area contributed by atoms with Gasteiger partial charge in [0.25, 0.3) is 0 Å². The highest BCUT2D eigenvalue weighted by Crippen LogP contribution is 2.13. The first-order valence-corrected chi connectivity index (χ1v) is 6.21. The molecule has 1 aromatic carbocycles. The monoisotopic (exact) mass is 252 g/mol. The van der Waals surface area contributed by atoms with Crippen molar-refractivity contribution in [1.82, 2.24) is 0 Å². The van der Waals surface area contributed by atoms with Gasteiger partial charge in [-0.1, -0.05) is 12.1 Å². The molecular weight excluding hydrogens is 232 g/mol. The third-order valence-corrected chi connectivity index (χ3v) is 2.32. The van der Waals surface area contributed by atoms with Gasteiger partial charge in [0.15, 0.2) is 6.29 Å². The molecule has 0 aliphatic rings. The van der Waals surface area contributed by atoms with Gasteiger partial charge in [-0.05, 0) is 26.0 Å². The summed E-state index contributed by atoms with van der Waals surface area (Å²) in [5.41, 5.74) is 0.610. The summed E-state index contributed by atoms with van der Waals surface area (Å²) in [5.74, 6) is 0.686. The van der Waals surface area contributed by atoms with E-state index >= 15 is 0 Å². The molecule has 0 unspecified atom stereocenters. The van der Waals surface area contributed by atoms with Crippen LogP contribution in [0, 0.1) is 0 Å². The van der Waals surface area contributed by atoms with Crippen LogP contribution in [0.3, 0.4) is 0 Å². The second-order valence-electron chi connectivity index (χ2n) is 3.67. The molecule has 0 fully saturated rings. The van der Waals surface area contributed by atoms with Crippen molar-refractivity contribution in [2.24, 2.45) is 0 Å². The van der Waals surface area contributed by atoms with Gasteiger partial charge >= 0.3 is 0 Å². The molecule has 0 heterocycles. The quantitative estimate of drug-likeness (QED) is 0.500. The summed E-state index contributed by atoms with van der Waals surface area (Å²) in [4.78, 5) is 10.6. The van der Waals surface area contributed by atoms with Crippen molar-refractivity contribution in [3.05, 3.63) is 29.8 Å². The highest BCUT2D eigenvalue weighted by molar-refractivity contribution is 5.75. The Hall–Kier alpha value is -1.39. The van der Waals surface area contributed by atoms with Gasteiger partial charge in [0, 0.05) is 25.2 Å². The Bertz CT molecular complexity index is 345. The Morgan fingerprint density at radius 2 is 1.94 bits per heavy atom. The third-order valence-electron chi connectivity index (χ3n) is 2.32. The van der Waals surface area contributed by atoms with Crippen LogP contribution in [0.5, 0.6) is 5.75 Å². The molecule has 0 saturated carbocycles. The SMILES string of the molecule is CCOC(CCOc1cccc(C=O)c1)OCC.